The molecule has 3 nitrogen and oxygen atoms in total. The Hall–Kier alpha value is -1.47. The van der Waals surface area contributed by atoms with Gasteiger partial charge in [0.15, 0.2) is 9.84 Å². The van der Waals surface area contributed by atoms with E-state index in [1.54, 1.807) is 0 Å². The van der Waals surface area contributed by atoms with Crippen molar-refractivity contribution >= 4 is 9.84 Å². The van der Waals surface area contributed by atoms with Gasteiger partial charge in [0, 0.05) is 0 Å². The molecule has 0 saturated heterocycles. The minimum atomic E-state index is -3.19. The lowest BCUT2D eigenvalue weighted by atomic mass is 10.1. The van der Waals surface area contributed by atoms with E-state index in [-0.39, 0.29) is 18.1 Å². The van der Waals surface area contributed by atoms with Crippen LogP contribution in [0.3, 0.4) is 0 Å². The third-order valence-electron chi connectivity index (χ3n) is 2.35. The average Bonchev–Trinajstić information content (AvgIpc) is 2.22. The molecule has 0 aromatic heterocycles. The first kappa shape index (κ1) is 13.6. The Morgan fingerprint density at radius 3 is 2.41 bits per heavy atom. The monoisotopic (exact) mass is 252 g/mol. The van der Waals surface area contributed by atoms with Crippen molar-refractivity contribution in [3.05, 3.63) is 29.3 Å². The molecule has 0 fully saturated rings. The summed E-state index contributed by atoms with van der Waals surface area (Å²) in [6.45, 7) is 3.99. The zero-order valence-corrected chi connectivity index (χ0v) is 10.9. The zero-order valence-electron chi connectivity index (χ0n) is 10.1. The first-order valence-corrected chi connectivity index (χ1v) is 7.11. The molecular formula is C13H16O3S. The lowest BCUT2D eigenvalue weighted by Crippen LogP contribution is -2.16. The van der Waals surface area contributed by atoms with E-state index >= 15 is 0 Å². The van der Waals surface area contributed by atoms with Crippen molar-refractivity contribution in [1.29, 1.82) is 0 Å². The lowest BCUT2D eigenvalue weighted by Gasteiger charge is -2.11. The second-order valence-electron chi connectivity index (χ2n) is 3.87. The first-order valence-electron chi connectivity index (χ1n) is 5.29. The van der Waals surface area contributed by atoms with Crippen LogP contribution in [0, 0.1) is 26.2 Å². The second kappa shape index (κ2) is 5.74. The van der Waals surface area contributed by atoms with Crippen molar-refractivity contribution in [3.63, 3.8) is 0 Å². The highest BCUT2D eigenvalue weighted by molar-refractivity contribution is 7.91. The van der Waals surface area contributed by atoms with Gasteiger partial charge in [-0.15, -0.1) is 6.42 Å². The number of terminal acetylenes is 1. The van der Waals surface area contributed by atoms with Crippen LogP contribution in [0.1, 0.15) is 11.1 Å². The fourth-order valence-electron chi connectivity index (χ4n) is 1.50. The molecule has 0 bridgehead atoms. The number of benzene rings is 1. The molecule has 0 N–H and O–H groups in total. The molecule has 0 amide bonds. The summed E-state index contributed by atoms with van der Waals surface area (Å²) in [6.07, 6.45) is 4.98. The van der Waals surface area contributed by atoms with E-state index in [1.165, 1.54) is 0 Å². The van der Waals surface area contributed by atoms with Crippen LogP contribution < -0.4 is 4.74 Å². The van der Waals surface area contributed by atoms with Crippen LogP contribution in [0.25, 0.3) is 0 Å². The summed E-state index contributed by atoms with van der Waals surface area (Å²) >= 11 is 0. The van der Waals surface area contributed by atoms with Crippen LogP contribution in [0.15, 0.2) is 18.2 Å². The van der Waals surface area contributed by atoms with Crippen LogP contribution in [0.2, 0.25) is 0 Å². The van der Waals surface area contributed by atoms with Gasteiger partial charge >= 0.3 is 0 Å². The number of ether oxygens (including phenoxy) is 1. The van der Waals surface area contributed by atoms with E-state index in [0.29, 0.717) is 0 Å². The normalized spacial score (nSPS) is 10.9. The number of sulfone groups is 1. The highest BCUT2D eigenvalue weighted by Crippen LogP contribution is 2.22. The highest BCUT2D eigenvalue weighted by Gasteiger charge is 2.10. The number of hydrogen-bond acceptors (Lipinski definition) is 3. The Morgan fingerprint density at radius 1 is 1.29 bits per heavy atom. The minimum absolute atomic E-state index is 0.0506. The number of para-hydroxylation sites is 1. The molecule has 17 heavy (non-hydrogen) atoms. The first-order chi connectivity index (χ1) is 7.96. The highest BCUT2D eigenvalue weighted by atomic mass is 32.2. The third-order valence-corrected chi connectivity index (χ3v) is 3.75. The van der Waals surface area contributed by atoms with E-state index in [2.05, 4.69) is 5.92 Å². The van der Waals surface area contributed by atoms with Gasteiger partial charge in [-0.3, -0.25) is 0 Å². The quantitative estimate of drug-likeness (QED) is 0.750. The maximum absolute atomic E-state index is 11.4. The second-order valence-corrected chi connectivity index (χ2v) is 6.05. The molecule has 0 aliphatic rings. The van der Waals surface area contributed by atoms with Crippen molar-refractivity contribution in [3.8, 4) is 18.1 Å². The number of hydrogen-bond donors (Lipinski definition) is 0. The summed E-state index contributed by atoms with van der Waals surface area (Å²) in [6, 6.07) is 5.79. The van der Waals surface area contributed by atoms with Crippen LogP contribution in [0.4, 0.5) is 0 Å². The molecular weight excluding hydrogens is 236 g/mol. The molecule has 4 heteroatoms. The third kappa shape index (κ3) is 4.12. The van der Waals surface area contributed by atoms with Gasteiger partial charge in [-0.2, -0.15) is 0 Å². The Labute approximate surface area is 103 Å². The molecule has 1 rings (SSSR count). The summed E-state index contributed by atoms with van der Waals surface area (Å²) < 4.78 is 28.2. The predicted molar refractivity (Wildman–Crippen MR) is 68.9 cm³/mol. The van der Waals surface area contributed by atoms with Crippen LogP contribution in [0.5, 0.6) is 5.75 Å². The van der Waals surface area contributed by atoms with E-state index in [0.717, 1.165) is 16.9 Å². The average molecular weight is 252 g/mol. The maximum atomic E-state index is 11.4. The Bertz CT molecular complexity index is 504. The topological polar surface area (TPSA) is 43.4 Å². The summed E-state index contributed by atoms with van der Waals surface area (Å²) in [7, 11) is -3.19. The van der Waals surface area contributed by atoms with Gasteiger partial charge in [0.05, 0.1) is 5.75 Å². The summed E-state index contributed by atoms with van der Waals surface area (Å²) in [4.78, 5) is 0. The molecule has 0 spiro atoms. The zero-order chi connectivity index (χ0) is 12.9. The summed E-state index contributed by atoms with van der Waals surface area (Å²) in [5.41, 5.74) is 2.00. The van der Waals surface area contributed by atoms with Gasteiger partial charge < -0.3 is 4.74 Å². The smallest absolute Gasteiger partial charge is 0.164 e. The Morgan fingerprint density at radius 2 is 1.88 bits per heavy atom. The van der Waals surface area contributed by atoms with Crippen molar-refractivity contribution in [2.24, 2.45) is 0 Å². The van der Waals surface area contributed by atoms with E-state index in [1.807, 2.05) is 32.0 Å². The van der Waals surface area contributed by atoms with E-state index in [9.17, 15) is 8.42 Å². The van der Waals surface area contributed by atoms with Gasteiger partial charge in [-0.1, -0.05) is 24.1 Å². The molecule has 0 heterocycles. The molecule has 1 aromatic carbocycles. The molecule has 0 saturated carbocycles. The maximum Gasteiger partial charge on any atom is 0.164 e. The van der Waals surface area contributed by atoms with Gasteiger partial charge in [0.2, 0.25) is 0 Å². The minimum Gasteiger partial charge on any atom is -0.492 e. The fourth-order valence-corrected chi connectivity index (χ4v) is 2.23. The molecule has 0 radical (unpaired) electrons. The standard InChI is InChI=1S/C13H16O3S/c1-4-9-17(14,15)10-8-16-13-11(2)6-5-7-12(13)3/h1,5-7H,8-10H2,2-3H3. The van der Waals surface area contributed by atoms with Crippen molar-refractivity contribution in [2.45, 2.75) is 13.8 Å². The van der Waals surface area contributed by atoms with E-state index in [4.69, 9.17) is 11.2 Å². The molecule has 0 aliphatic heterocycles. The number of aryl methyl sites for hydroxylation is 2. The summed E-state index contributed by atoms with van der Waals surface area (Å²) in [5.74, 6) is 2.61. The van der Waals surface area contributed by atoms with Gasteiger partial charge in [0.1, 0.15) is 18.1 Å². The molecule has 0 unspecified atom stereocenters. The van der Waals surface area contributed by atoms with Gasteiger partial charge in [-0.05, 0) is 25.0 Å². The van der Waals surface area contributed by atoms with Crippen molar-refractivity contribution in [2.75, 3.05) is 18.1 Å². The molecule has 92 valence electrons. The Kier molecular flexibility index (Phi) is 4.59. The van der Waals surface area contributed by atoms with Crippen LogP contribution in [-0.4, -0.2) is 26.5 Å². The SMILES string of the molecule is C#CCS(=O)(=O)CCOc1c(C)cccc1C. The van der Waals surface area contributed by atoms with Gasteiger partial charge in [0.25, 0.3) is 0 Å². The lowest BCUT2D eigenvalue weighted by molar-refractivity contribution is 0.336. The van der Waals surface area contributed by atoms with Crippen LogP contribution >= 0.6 is 0 Å². The summed E-state index contributed by atoms with van der Waals surface area (Å²) in [5, 5.41) is 0. The number of rotatable bonds is 5. The molecule has 1 aromatic rings. The predicted octanol–water partition coefficient (Wildman–Crippen LogP) is 1.73. The van der Waals surface area contributed by atoms with Crippen molar-refractivity contribution < 1.29 is 13.2 Å². The molecule has 0 atom stereocenters. The Balaban J connectivity index is 2.61. The fraction of sp³-hybridized carbons (Fsp3) is 0.385. The van der Waals surface area contributed by atoms with Crippen molar-refractivity contribution in [1.82, 2.24) is 0 Å². The van der Waals surface area contributed by atoms with Gasteiger partial charge in [-0.25, -0.2) is 8.42 Å². The largest absolute Gasteiger partial charge is 0.492 e. The van der Waals surface area contributed by atoms with Crippen LogP contribution in [-0.2, 0) is 9.84 Å². The van der Waals surface area contributed by atoms with E-state index < -0.39 is 9.84 Å². The molecule has 0 aliphatic carbocycles.